The first kappa shape index (κ1) is 19.1. The molecule has 4 rings (SSSR count). The molecule has 4 aromatic rings. The maximum Gasteiger partial charge on any atom is 0.266 e. The zero-order valence-electron chi connectivity index (χ0n) is 15.8. The van der Waals surface area contributed by atoms with Gasteiger partial charge in [-0.15, -0.1) is 0 Å². The number of amides is 1. The van der Waals surface area contributed by atoms with Crippen molar-refractivity contribution in [1.29, 1.82) is 0 Å². The molecule has 1 amide bonds. The van der Waals surface area contributed by atoms with Gasteiger partial charge >= 0.3 is 0 Å². The molecule has 0 bridgehead atoms. The first-order valence-electron chi connectivity index (χ1n) is 9.12. The van der Waals surface area contributed by atoms with Crippen LogP contribution in [0.2, 0.25) is 0 Å². The van der Waals surface area contributed by atoms with E-state index >= 15 is 0 Å². The van der Waals surface area contributed by atoms with Crippen molar-refractivity contribution < 1.29 is 13.9 Å². The standard InChI is InChI=1S/C21H19FN4O2S/c1-15-5-2-6-16(13-15)28-14-19(27)26(12-11-25-10-4-9-23-25)21-24-20-17(22)7-3-8-18(20)29-21/h2-10,13H,11-12,14H2,1H3. The molecule has 0 aliphatic heterocycles. The third kappa shape index (κ3) is 4.43. The Morgan fingerprint density at radius 2 is 2.10 bits per heavy atom. The van der Waals surface area contributed by atoms with E-state index < -0.39 is 5.82 Å². The van der Waals surface area contributed by atoms with Crippen LogP contribution in [0.15, 0.2) is 60.9 Å². The van der Waals surface area contributed by atoms with Gasteiger partial charge in [-0.1, -0.05) is 29.5 Å². The number of ether oxygens (including phenoxy) is 1. The van der Waals surface area contributed by atoms with Crippen LogP contribution < -0.4 is 9.64 Å². The van der Waals surface area contributed by atoms with E-state index in [0.29, 0.717) is 28.7 Å². The number of hydrogen-bond donors (Lipinski definition) is 0. The van der Waals surface area contributed by atoms with Crippen molar-refractivity contribution in [2.75, 3.05) is 18.1 Å². The average Bonchev–Trinajstić information content (AvgIpc) is 3.37. The fourth-order valence-corrected chi connectivity index (χ4v) is 3.93. The predicted molar refractivity (Wildman–Crippen MR) is 111 cm³/mol. The average molecular weight is 410 g/mol. The number of carbonyl (C=O) groups is 1. The summed E-state index contributed by atoms with van der Waals surface area (Å²) in [5.41, 5.74) is 1.32. The van der Waals surface area contributed by atoms with Crippen molar-refractivity contribution in [2.45, 2.75) is 13.5 Å². The molecule has 6 nitrogen and oxygen atoms in total. The van der Waals surface area contributed by atoms with E-state index in [0.717, 1.165) is 5.56 Å². The lowest BCUT2D eigenvalue weighted by atomic mass is 10.2. The number of thiazole rings is 1. The van der Waals surface area contributed by atoms with Gasteiger partial charge in [0, 0.05) is 18.9 Å². The van der Waals surface area contributed by atoms with Crippen molar-refractivity contribution in [2.24, 2.45) is 0 Å². The molecule has 2 aromatic carbocycles. The van der Waals surface area contributed by atoms with Crippen LogP contribution in [0.5, 0.6) is 5.75 Å². The summed E-state index contributed by atoms with van der Waals surface area (Å²) in [6.07, 6.45) is 3.50. The highest BCUT2D eigenvalue weighted by Gasteiger charge is 2.21. The molecule has 148 valence electrons. The Kier molecular flexibility index (Phi) is 5.53. The minimum absolute atomic E-state index is 0.138. The molecular weight excluding hydrogens is 391 g/mol. The minimum Gasteiger partial charge on any atom is -0.484 e. The maximum atomic E-state index is 14.1. The molecule has 0 spiro atoms. The van der Waals surface area contributed by atoms with Crippen LogP contribution in [0.4, 0.5) is 9.52 Å². The second-order valence-corrected chi connectivity index (χ2v) is 7.51. The van der Waals surface area contributed by atoms with Gasteiger partial charge in [-0.05, 0) is 42.8 Å². The lowest BCUT2D eigenvalue weighted by Gasteiger charge is -2.20. The van der Waals surface area contributed by atoms with Crippen molar-refractivity contribution in [3.8, 4) is 5.75 Å². The number of fused-ring (bicyclic) bond motifs is 1. The molecule has 0 saturated heterocycles. The summed E-state index contributed by atoms with van der Waals surface area (Å²) in [6.45, 7) is 2.66. The highest BCUT2D eigenvalue weighted by atomic mass is 32.1. The third-order valence-corrected chi connectivity index (χ3v) is 5.40. The normalized spacial score (nSPS) is 11.0. The van der Waals surface area contributed by atoms with Gasteiger partial charge < -0.3 is 4.74 Å². The first-order valence-corrected chi connectivity index (χ1v) is 9.94. The van der Waals surface area contributed by atoms with Gasteiger partial charge in [-0.25, -0.2) is 9.37 Å². The van der Waals surface area contributed by atoms with E-state index in [1.165, 1.54) is 22.3 Å². The fourth-order valence-electron chi connectivity index (χ4n) is 2.91. The van der Waals surface area contributed by atoms with Crippen LogP contribution in [0.1, 0.15) is 5.56 Å². The Morgan fingerprint density at radius 3 is 2.86 bits per heavy atom. The lowest BCUT2D eigenvalue weighted by molar-refractivity contribution is -0.120. The van der Waals surface area contributed by atoms with Gasteiger partial charge in [-0.2, -0.15) is 5.10 Å². The largest absolute Gasteiger partial charge is 0.484 e. The quantitative estimate of drug-likeness (QED) is 0.461. The molecule has 0 radical (unpaired) electrons. The number of nitrogens with zero attached hydrogens (tertiary/aromatic N) is 4. The third-order valence-electron chi connectivity index (χ3n) is 4.35. The van der Waals surface area contributed by atoms with E-state index in [-0.39, 0.29) is 18.0 Å². The topological polar surface area (TPSA) is 60.2 Å². The summed E-state index contributed by atoms with van der Waals surface area (Å²) in [5.74, 6) is -0.0284. The van der Waals surface area contributed by atoms with Crippen molar-refractivity contribution >= 4 is 32.6 Å². The van der Waals surface area contributed by atoms with E-state index in [1.54, 1.807) is 29.1 Å². The maximum absolute atomic E-state index is 14.1. The molecule has 29 heavy (non-hydrogen) atoms. The predicted octanol–water partition coefficient (Wildman–Crippen LogP) is 4.05. The van der Waals surface area contributed by atoms with Crippen molar-refractivity contribution in [3.63, 3.8) is 0 Å². The molecule has 0 atom stereocenters. The number of benzene rings is 2. The van der Waals surface area contributed by atoms with Crippen LogP contribution in [0.25, 0.3) is 10.2 Å². The van der Waals surface area contributed by atoms with E-state index in [1.807, 2.05) is 37.4 Å². The number of para-hydroxylation sites is 1. The summed E-state index contributed by atoms with van der Waals surface area (Å²) in [5, 5.41) is 4.61. The van der Waals surface area contributed by atoms with Gasteiger partial charge in [0.15, 0.2) is 11.7 Å². The molecular formula is C21H19FN4O2S. The van der Waals surface area contributed by atoms with Gasteiger partial charge in [0.25, 0.3) is 5.91 Å². The molecule has 8 heteroatoms. The summed E-state index contributed by atoms with van der Waals surface area (Å²) in [4.78, 5) is 18.9. The Bertz CT molecular complexity index is 1130. The number of aromatic nitrogens is 3. The van der Waals surface area contributed by atoms with Gasteiger partial charge in [-0.3, -0.25) is 14.4 Å². The van der Waals surface area contributed by atoms with Crippen molar-refractivity contribution in [1.82, 2.24) is 14.8 Å². The summed E-state index contributed by atoms with van der Waals surface area (Å²) in [6, 6.07) is 14.1. The summed E-state index contributed by atoms with van der Waals surface area (Å²) in [7, 11) is 0. The van der Waals surface area contributed by atoms with Crippen LogP contribution in [0, 0.1) is 12.7 Å². The lowest BCUT2D eigenvalue weighted by Crippen LogP contribution is -2.37. The smallest absolute Gasteiger partial charge is 0.266 e. The number of halogens is 1. The second-order valence-electron chi connectivity index (χ2n) is 6.50. The highest BCUT2D eigenvalue weighted by molar-refractivity contribution is 7.22. The van der Waals surface area contributed by atoms with Crippen LogP contribution >= 0.6 is 11.3 Å². The number of carbonyl (C=O) groups excluding carboxylic acids is 1. The van der Waals surface area contributed by atoms with E-state index in [4.69, 9.17) is 4.74 Å². The molecule has 0 saturated carbocycles. The molecule has 0 aliphatic rings. The van der Waals surface area contributed by atoms with E-state index in [2.05, 4.69) is 10.1 Å². The monoisotopic (exact) mass is 410 g/mol. The Balaban J connectivity index is 1.56. The molecule has 0 N–H and O–H groups in total. The molecule has 0 unspecified atom stereocenters. The second kappa shape index (κ2) is 8.40. The molecule has 0 fully saturated rings. The zero-order valence-corrected chi connectivity index (χ0v) is 16.6. The molecule has 2 aromatic heterocycles. The highest BCUT2D eigenvalue weighted by Crippen LogP contribution is 2.30. The Labute approximate surface area is 171 Å². The number of aryl methyl sites for hydroxylation is 1. The minimum atomic E-state index is -0.402. The van der Waals surface area contributed by atoms with Crippen molar-refractivity contribution in [3.05, 3.63) is 72.3 Å². The Morgan fingerprint density at radius 1 is 1.24 bits per heavy atom. The van der Waals surface area contributed by atoms with E-state index in [9.17, 15) is 9.18 Å². The molecule has 2 heterocycles. The summed E-state index contributed by atoms with van der Waals surface area (Å²) >= 11 is 1.28. The van der Waals surface area contributed by atoms with Gasteiger partial charge in [0.1, 0.15) is 17.1 Å². The van der Waals surface area contributed by atoms with Crippen LogP contribution in [-0.4, -0.2) is 33.8 Å². The molecule has 0 aliphatic carbocycles. The Hall–Kier alpha value is -3.26. The summed E-state index contributed by atoms with van der Waals surface area (Å²) < 4.78 is 22.2. The first-order chi connectivity index (χ1) is 14.1. The number of rotatable bonds is 7. The van der Waals surface area contributed by atoms with Crippen LogP contribution in [-0.2, 0) is 11.3 Å². The number of anilines is 1. The SMILES string of the molecule is Cc1cccc(OCC(=O)N(CCn2cccn2)c2nc3c(F)cccc3s2)c1. The number of hydrogen-bond acceptors (Lipinski definition) is 5. The fraction of sp³-hybridized carbons (Fsp3) is 0.190. The van der Waals surface area contributed by atoms with Crippen LogP contribution in [0.3, 0.4) is 0 Å². The zero-order chi connectivity index (χ0) is 20.2. The van der Waals surface area contributed by atoms with Gasteiger partial charge in [0.05, 0.1) is 11.2 Å². The van der Waals surface area contributed by atoms with Gasteiger partial charge in [0.2, 0.25) is 0 Å².